The van der Waals surface area contributed by atoms with Crippen molar-refractivity contribution in [2.75, 3.05) is 24.7 Å². The molecule has 2 aromatic rings. The molecule has 3 amide bonds. The van der Waals surface area contributed by atoms with E-state index in [4.69, 9.17) is 9.47 Å². The fourth-order valence-corrected chi connectivity index (χ4v) is 11.8. The van der Waals surface area contributed by atoms with Crippen LogP contribution >= 0.6 is 11.8 Å². The van der Waals surface area contributed by atoms with E-state index in [1.807, 2.05) is 49.6 Å². The molecule has 7 rings (SSSR count). The van der Waals surface area contributed by atoms with E-state index in [-0.39, 0.29) is 78.9 Å². The van der Waals surface area contributed by atoms with Gasteiger partial charge in [0.25, 0.3) is 0 Å². The minimum atomic E-state index is -2.34. The molecule has 1 heterocycles. The summed E-state index contributed by atoms with van der Waals surface area (Å²) in [6.45, 7) is 9.53. The van der Waals surface area contributed by atoms with E-state index in [0.717, 1.165) is 17.2 Å². The summed E-state index contributed by atoms with van der Waals surface area (Å²) in [6.07, 6.45) is -0.126. The lowest BCUT2D eigenvalue weighted by Gasteiger charge is -2.63. The summed E-state index contributed by atoms with van der Waals surface area (Å²) in [5.74, 6) is -4.75. The van der Waals surface area contributed by atoms with Crippen molar-refractivity contribution in [1.82, 2.24) is 10.6 Å². The number of aliphatic hydroxyl groups is 2. The lowest BCUT2D eigenvalue weighted by Crippen LogP contribution is -2.70. The predicted molar refractivity (Wildman–Crippen MR) is 244 cm³/mol. The van der Waals surface area contributed by atoms with E-state index in [9.17, 15) is 39.0 Å². The summed E-state index contributed by atoms with van der Waals surface area (Å²) >= 11 is 1.40. The summed E-state index contributed by atoms with van der Waals surface area (Å²) in [4.78, 5) is 76.3. The fourth-order valence-electron chi connectivity index (χ4n) is 11.5. The van der Waals surface area contributed by atoms with Gasteiger partial charge in [-0.1, -0.05) is 63.2 Å². The third-order valence-corrected chi connectivity index (χ3v) is 16.4. The van der Waals surface area contributed by atoms with Crippen LogP contribution < -0.4 is 16.0 Å². The Kier molecular flexibility index (Phi) is 14.1. The van der Waals surface area contributed by atoms with Gasteiger partial charge in [0.2, 0.25) is 17.7 Å². The predicted octanol–water partition coefficient (Wildman–Crippen LogP) is 5.78. The summed E-state index contributed by atoms with van der Waals surface area (Å²) in [6, 6.07) is 14.0. The number of carbonyl (C=O) groups excluding carboxylic acids is 6. The number of amides is 3. The van der Waals surface area contributed by atoms with Gasteiger partial charge in [-0.3, -0.25) is 28.8 Å². The highest BCUT2D eigenvalue weighted by Gasteiger charge is 2.80. The minimum Gasteiger partial charge on any atom is -0.390 e. The molecular weight excluding hydrogens is 873 g/mol. The quantitative estimate of drug-likeness (QED) is 0.137. The van der Waals surface area contributed by atoms with E-state index >= 15 is 8.78 Å². The summed E-state index contributed by atoms with van der Waals surface area (Å²) in [5, 5.41) is 30.1. The molecule has 0 spiro atoms. The Morgan fingerprint density at radius 3 is 2.23 bits per heavy atom. The SMILES string of the molecule is CSC(C)C(=O)NCCC(=O)N[C@@H](C)C(=O)C[C@@H](C)C(=O)Nc1ccc([C@H](C)c2ccc([C@@H]3O[C@@H]4C[C@H]5[C@@H]6C[C@H](F)C7=CC(=O)C=C[C@]7(C)[C@@]6(F)[C@@H](O)C[C@]5(C)[C@]4(C(=O)CO)O3)cc2)cc1. The zero-order valence-electron chi connectivity index (χ0n) is 38.4. The molecular formula is C50H61F2N3O10S. The van der Waals surface area contributed by atoms with E-state index < -0.39 is 88.7 Å². The second kappa shape index (κ2) is 18.8. The van der Waals surface area contributed by atoms with Crippen molar-refractivity contribution in [3.63, 3.8) is 0 Å². The number of rotatable bonds is 16. The zero-order chi connectivity index (χ0) is 48.1. The van der Waals surface area contributed by atoms with Gasteiger partial charge in [0.05, 0.1) is 23.5 Å². The first-order valence-electron chi connectivity index (χ1n) is 22.7. The normalized spacial score (nSPS) is 33.7. The molecule has 0 aromatic heterocycles. The van der Waals surface area contributed by atoms with Crippen molar-refractivity contribution in [3.8, 4) is 0 Å². The lowest BCUT2D eigenvalue weighted by molar-refractivity contribution is -0.235. The molecule has 4 aliphatic carbocycles. The van der Waals surface area contributed by atoms with Crippen LogP contribution in [0, 0.1) is 28.6 Å². The molecule has 5 aliphatic rings. The van der Waals surface area contributed by atoms with Gasteiger partial charge in [-0.25, -0.2) is 8.78 Å². The van der Waals surface area contributed by atoms with E-state index in [1.165, 1.54) is 30.8 Å². The summed E-state index contributed by atoms with van der Waals surface area (Å²) in [5.41, 5.74) is -3.87. The van der Waals surface area contributed by atoms with Gasteiger partial charge < -0.3 is 35.6 Å². The molecule has 14 atom stereocenters. The van der Waals surface area contributed by atoms with Gasteiger partial charge in [0.15, 0.2) is 34.9 Å². The minimum absolute atomic E-state index is 0.00738. The van der Waals surface area contributed by atoms with Crippen LogP contribution in [0.25, 0.3) is 0 Å². The maximum Gasteiger partial charge on any atom is 0.232 e. The standard InChI is InChI=1S/C50H61F2N3O10S/c1-26(20-39(58)28(3)54-43(61)17-19-53-45(63)29(4)66-7)44(62)55-33-14-12-31(13-15-33)27(2)30-8-10-32(11-9-30)46-64-42-23-35-36-22-38(51)37-21-34(57)16-18-47(37,5)49(36,52)40(59)24-48(35,6)50(42,65-46)41(60)25-56/h8-16,18,21,26-29,35-36,38,40,42,46,56,59H,17,19-20,22-25H2,1-7H3,(H,53,63)(H,54,61)(H,55,62)/t26-,27-,28+,29?,35+,36+,38+,40+,42-,46-,47+,48+,49+,50-/m1/s1. The molecule has 0 bridgehead atoms. The van der Waals surface area contributed by atoms with Crippen molar-refractivity contribution >= 4 is 52.5 Å². The number of allylic oxidation sites excluding steroid dienone is 4. The first kappa shape index (κ1) is 49.3. The van der Waals surface area contributed by atoms with Crippen molar-refractivity contribution < 1.29 is 57.2 Å². The number of thioether (sulfide) groups is 1. The number of benzene rings is 2. The van der Waals surface area contributed by atoms with Gasteiger partial charge >= 0.3 is 0 Å². The Balaban J connectivity index is 0.960. The second-order valence-electron chi connectivity index (χ2n) is 19.3. The van der Waals surface area contributed by atoms with Gasteiger partial charge in [-0.2, -0.15) is 11.8 Å². The molecule has 13 nitrogen and oxygen atoms in total. The van der Waals surface area contributed by atoms with E-state index in [0.29, 0.717) is 11.3 Å². The maximum absolute atomic E-state index is 17.8. The van der Waals surface area contributed by atoms with Crippen molar-refractivity contribution in [2.24, 2.45) is 28.6 Å². The van der Waals surface area contributed by atoms with Gasteiger partial charge in [0.1, 0.15) is 12.8 Å². The average Bonchev–Trinajstić information content (AvgIpc) is 3.80. The van der Waals surface area contributed by atoms with Crippen molar-refractivity contribution in [3.05, 3.63) is 89.0 Å². The van der Waals surface area contributed by atoms with Gasteiger partial charge in [0, 0.05) is 59.2 Å². The highest BCUT2D eigenvalue weighted by atomic mass is 32.2. The number of hydrogen-bond acceptors (Lipinski definition) is 11. The first-order chi connectivity index (χ1) is 31.1. The van der Waals surface area contributed by atoms with Crippen molar-refractivity contribution in [2.45, 2.75) is 127 Å². The summed E-state index contributed by atoms with van der Waals surface area (Å²) in [7, 11) is 0. The number of halogens is 2. The molecule has 3 saturated carbocycles. The Labute approximate surface area is 388 Å². The third-order valence-electron chi connectivity index (χ3n) is 15.5. The number of aliphatic hydroxyl groups excluding tert-OH is 2. The van der Waals surface area contributed by atoms with Crippen LogP contribution in [0.4, 0.5) is 14.5 Å². The molecule has 16 heteroatoms. The second-order valence-corrected chi connectivity index (χ2v) is 20.4. The molecule has 1 unspecified atom stereocenters. The number of nitrogens with one attached hydrogen (secondary N) is 3. The Morgan fingerprint density at radius 1 is 0.939 bits per heavy atom. The number of Topliss-reactive ketones (excluding diaryl/α,β-unsaturated/α-hetero) is 2. The monoisotopic (exact) mass is 933 g/mol. The lowest BCUT2D eigenvalue weighted by atomic mass is 9.44. The molecule has 0 radical (unpaired) electrons. The third kappa shape index (κ3) is 8.39. The number of ether oxygens (including phenoxy) is 2. The molecule has 1 aliphatic heterocycles. The molecule has 2 aromatic carbocycles. The summed E-state index contributed by atoms with van der Waals surface area (Å²) < 4.78 is 46.9. The highest BCUT2D eigenvalue weighted by molar-refractivity contribution is 7.99. The Bertz CT molecular complexity index is 2310. The number of alkyl halides is 2. The van der Waals surface area contributed by atoms with Crippen LogP contribution in [-0.2, 0) is 38.2 Å². The topological polar surface area (TPSA) is 197 Å². The Morgan fingerprint density at radius 2 is 1.59 bits per heavy atom. The molecule has 356 valence electrons. The van der Waals surface area contributed by atoms with Crippen LogP contribution in [0.5, 0.6) is 0 Å². The van der Waals surface area contributed by atoms with Crippen LogP contribution in [0.3, 0.4) is 0 Å². The Hall–Kier alpha value is -4.61. The van der Waals surface area contributed by atoms with Gasteiger partial charge in [-0.05, 0) is 93.2 Å². The molecule has 5 N–H and O–H groups in total. The average molecular weight is 934 g/mol. The largest absolute Gasteiger partial charge is 0.390 e. The number of anilines is 1. The van der Waals surface area contributed by atoms with E-state index in [1.54, 1.807) is 39.8 Å². The first-order valence-corrected chi connectivity index (χ1v) is 24.0. The molecule has 66 heavy (non-hydrogen) atoms. The number of hydrogen-bond donors (Lipinski definition) is 5. The molecule has 4 fully saturated rings. The van der Waals surface area contributed by atoms with Crippen LogP contribution in [0.15, 0.2) is 72.3 Å². The highest BCUT2D eigenvalue weighted by Crippen LogP contribution is 2.72. The van der Waals surface area contributed by atoms with Crippen LogP contribution in [0.2, 0.25) is 0 Å². The van der Waals surface area contributed by atoms with Crippen LogP contribution in [0.1, 0.15) is 103 Å². The maximum atomic E-state index is 17.8. The molecule has 1 saturated heterocycles. The zero-order valence-corrected chi connectivity index (χ0v) is 39.2. The number of fused-ring (bicyclic) bond motifs is 7. The smallest absolute Gasteiger partial charge is 0.232 e. The van der Waals surface area contributed by atoms with E-state index in [2.05, 4.69) is 16.0 Å². The van der Waals surface area contributed by atoms with Crippen molar-refractivity contribution in [1.29, 1.82) is 0 Å². The number of carbonyl (C=O) groups is 6. The fraction of sp³-hybridized carbons (Fsp3) is 0.560. The van der Waals surface area contributed by atoms with Gasteiger partial charge in [-0.15, -0.1) is 0 Å². The van der Waals surface area contributed by atoms with Crippen LogP contribution in [-0.4, -0.2) is 106 Å². The number of ketones is 3.